The highest BCUT2D eigenvalue weighted by molar-refractivity contribution is 7.15. The Morgan fingerprint density at radius 2 is 1.87 bits per heavy atom. The number of thiazole rings is 1. The van der Waals surface area contributed by atoms with Crippen LogP contribution in [0.5, 0.6) is 0 Å². The third-order valence-corrected chi connectivity index (χ3v) is 5.91. The zero-order chi connectivity index (χ0) is 21.3. The molecule has 0 aliphatic carbocycles. The molecule has 7 heteroatoms. The SMILES string of the molecule is COC(=O)c1ccc(NC(=O)Cc2csc3nc(-c4ccc(C)c(C)c4)cn23)cc1. The smallest absolute Gasteiger partial charge is 0.337 e. The van der Waals surface area contributed by atoms with E-state index in [0.717, 1.165) is 21.9 Å². The van der Waals surface area contributed by atoms with Crippen molar-refractivity contribution >= 4 is 33.9 Å². The molecule has 152 valence electrons. The molecule has 0 saturated heterocycles. The van der Waals surface area contributed by atoms with E-state index in [9.17, 15) is 9.59 Å². The number of benzene rings is 2. The Bertz CT molecular complexity index is 1240. The molecule has 0 unspecified atom stereocenters. The van der Waals surface area contributed by atoms with Crippen LogP contribution in [0.15, 0.2) is 54.0 Å². The van der Waals surface area contributed by atoms with Gasteiger partial charge < -0.3 is 10.1 Å². The Labute approximate surface area is 178 Å². The summed E-state index contributed by atoms with van der Waals surface area (Å²) in [6.07, 6.45) is 2.20. The summed E-state index contributed by atoms with van der Waals surface area (Å²) in [6.45, 7) is 4.18. The molecule has 0 spiro atoms. The molecule has 0 atom stereocenters. The number of ether oxygens (including phenoxy) is 1. The van der Waals surface area contributed by atoms with Gasteiger partial charge >= 0.3 is 5.97 Å². The van der Waals surface area contributed by atoms with E-state index in [4.69, 9.17) is 4.98 Å². The first-order valence-corrected chi connectivity index (χ1v) is 10.3. The van der Waals surface area contributed by atoms with Crippen molar-refractivity contribution in [2.24, 2.45) is 0 Å². The van der Waals surface area contributed by atoms with Crippen molar-refractivity contribution in [2.75, 3.05) is 12.4 Å². The standard InChI is InChI=1S/C23H21N3O3S/c1-14-4-5-17(10-15(14)2)20-12-26-19(13-30-23(26)25-20)11-21(27)24-18-8-6-16(7-9-18)22(28)29-3/h4-10,12-13H,11H2,1-3H3,(H,24,27). The number of hydrogen-bond acceptors (Lipinski definition) is 5. The van der Waals surface area contributed by atoms with E-state index >= 15 is 0 Å². The molecule has 2 aromatic carbocycles. The largest absolute Gasteiger partial charge is 0.465 e. The highest BCUT2D eigenvalue weighted by atomic mass is 32.1. The second-order valence-corrected chi connectivity index (χ2v) is 7.94. The summed E-state index contributed by atoms with van der Waals surface area (Å²) in [5, 5.41) is 4.81. The fraction of sp³-hybridized carbons (Fsp3) is 0.174. The molecule has 1 amide bonds. The minimum absolute atomic E-state index is 0.137. The molecule has 0 saturated carbocycles. The summed E-state index contributed by atoms with van der Waals surface area (Å²) in [6, 6.07) is 12.9. The lowest BCUT2D eigenvalue weighted by molar-refractivity contribution is -0.115. The topological polar surface area (TPSA) is 72.7 Å². The Hall–Kier alpha value is -3.45. The van der Waals surface area contributed by atoms with Gasteiger partial charge in [-0.15, -0.1) is 11.3 Å². The average Bonchev–Trinajstić information content (AvgIpc) is 3.32. The Balaban J connectivity index is 1.49. The summed E-state index contributed by atoms with van der Waals surface area (Å²) >= 11 is 1.51. The number of rotatable bonds is 5. The van der Waals surface area contributed by atoms with Gasteiger partial charge in [0, 0.05) is 28.5 Å². The molecule has 30 heavy (non-hydrogen) atoms. The number of anilines is 1. The van der Waals surface area contributed by atoms with Crippen LogP contribution in [-0.2, 0) is 16.0 Å². The first-order chi connectivity index (χ1) is 14.4. The molecule has 0 bridgehead atoms. The second kappa shape index (κ2) is 8.12. The summed E-state index contributed by atoms with van der Waals surface area (Å²) in [7, 11) is 1.33. The van der Waals surface area contributed by atoms with Crippen LogP contribution in [0.1, 0.15) is 27.2 Å². The molecule has 0 radical (unpaired) electrons. The van der Waals surface area contributed by atoms with Gasteiger partial charge in [-0.05, 0) is 55.3 Å². The van der Waals surface area contributed by atoms with Crippen molar-refractivity contribution in [3.63, 3.8) is 0 Å². The quantitative estimate of drug-likeness (QED) is 0.478. The van der Waals surface area contributed by atoms with Gasteiger partial charge in [0.2, 0.25) is 5.91 Å². The van der Waals surface area contributed by atoms with Crippen molar-refractivity contribution in [1.82, 2.24) is 9.38 Å². The third-order valence-electron chi connectivity index (χ3n) is 5.02. The zero-order valence-electron chi connectivity index (χ0n) is 16.9. The predicted molar refractivity (Wildman–Crippen MR) is 118 cm³/mol. The second-order valence-electron chi connectivity index (χ2n) is 7.10. The highest BCUT2D eigenvalue weighted by Crippen LogP contribution is 2.25. The number of amides is 1. The molecule has 1 N–H and O–H groups in total. The van der Waals surface area contributed by atoms with Crippen LogP contribution in [0.25, 0.3) is 16.2 Å². The van der Waals surface area contributed by atoms with Gasteiger partial charge in [0.15, 0.2) is 4.96 Å². The Morgan fingerprint density at radius 3 is 2.57 bits per heavy atom. The average molecular weight is 420 g/mol. The molecule has 6 nitrogen and oxygen atoms in total. The molecular formula is C23H21N3O3S. The monoisotopic (exact) mass is 419 g/mol. The first kappa shape index (κ1) is 19.8. The highest BCUT2D eigenvalue weighted by Gasteiger charge is 2.13. The van der Waals surface area contributed by atoms with E-state index in [1.165, 1.54) is 29.6 Å². The first-order valence-electron chi connectivity index (χ1n) is 9.46. The van der Waals surface area contributed by atoms with Crippen LogP contribution in [0.3, 0.4) is 0 Å². The number of fused-ring (bicyclic) bond motifs is 1. The predicted octanol–water partition coefficient (Wildman–Crippen LogP) is 4.65. The summed E-state index contributed by atoms with van der Waals surface area (Å²) in [4.78, 5) is 29.6. The molecule has 0 aliphatic rings. The summed E-state index contributed by atoms with van der Waals surface area (Å²) < 4.78 is 6.65. The van der Waals surface area contributed by atoms with E-state index < -0.39 is 5.97 Å². The number of nitrogens with one attached hydrogen (secondary N) is 1. The Kier molecular flexibility index (Phi) is 5.37. The van der Waals surface area contributed by atoms with Gasteiger partial charge in [0.05, 0.1) is 24.8 Å². The van der Waals surface area contributed by atoms with Crippen molar-refractivity contribution in [3.8, 4) is 11.3 Å². The minimum atomic E-state index is -0.409. The van der Waals surface area contributed by atoms with Gasteiger partial charge in [0.25, 0.3) is 0 Å². The number of carbonyl (C=O) groups excluding carboxylic acids is 2. The van der Waals surface area contributed by atoms with Gasteiger partial charge in [-0.3, -0.25) is 9.20 Å². The molecule has 0 fully saturated rings. The van der Waals surface area contributed by atoms with Crippen molar-refractivity contribution in [3.05, 3.63) is 76.4 Å². The number of carbonyl (C=O) groups is 2. The maximum atomic E-state index is 12.5. The van der Waals surface area contributed by atoms with Crippen LogP contribution in [0, 0.1) is 13.8 Å². The number of nitrogens with zero attached hydrogens (tertiary/aromatic N) is 2. The van der Waals surface area contributed by atoms with Crippen LogP contribution in [0.2, 0.25) is 0 Å². The molecule has 4 aromatic rings. The van der Waals surface area contributed by atoms with E-state index in [0.29, 0.717) is 11.3 Å². The molecular weight excluding hydrogens is 398 g/mol. The Morgan fingerprint density at radius 1 is 1.10 bits per heavy atom. The minimum Gasteiger partial charge on any atom is -0.465 e. The fourth-order valence-corrected chi connectivity index (χ4v) is 4.05. The molecule has 0 aliphatic heterocycles. The summed E-state index contributed by atoms with van der Waals surface area (Å²) in [5.74, 6) is -0.546. The van der Waals surface area contributed by atoms with Crippen LogP contribution in [-0.4, -0.2) is 28.4 Å². The van der Waals surface area contributed by atoms with Crippen LogP contribution >= 0.6 is 11.3 Å². The fourth-order valence-electron chi connectivity index (χ4n) is 3.17. The van der Waals surface area contributed by atoms with E-state index in [1.54, 1.807) is 24.3 Å². The normalized spacial score (nSPS) is 10.9. The van der Waals surface area contributed by atoms with E-state index in [2.05, 4.69) is 42.1 Å². The van der Waals surface area contributed by atoms with Crippen LogP contribution in [0.4, 0.5) is 5.69 Å². The third kappa shape index (κ3) is 3.97. The van der Waals surface area contributed by atoms with Gasteiger partial charge in [-0.2, -0.15) is 0 Å². The molecule has 2 heterocycles. The maximum Gasteiger partial charge on any atom is 0.337 e. The van der Waals surface area contributed by atoms with Crippen molar-refractivity contribution < 1.29 is 14.3 Å². The maximum absolute atomic E-state index is 12.5. The van der Waals surface area contributed by atoms with Gasteiger partial charge in [0.1, 0.15) is 0 Å². The molecule has 2 aromatic heterocycles. The van der Waals surface area contributed by atoms with Crippen molar-refractivity contribution in [1.29, 1.82) is 0 Å². The number of aromatic nitrogens is 2. The number of esters is 1. The molecule has 4 rings (SSSR count). The van der Waals surface area contributed by atoms with E-state index in [-0.39, 0.29) is 12.3 Å². The zero-order valence-corrected chi connectivity index (χ0v) is 17.7. The van der Waals surface area contributed by atoms with Gasteiger partial charge in [-0.25, -0.2) is 9.78 Å². The number of methoxy groups -OCH3 is 1. The number of imidazole rings is 1. The lowest BCUT2D eigenvalue weighted by atomic mass is 10.0. The summed E-state index contributed by atoms with van der Waals surface area (Å²) in [5.41, 5.74) is 6.37. The number of aryl methyl sites for hydroxylation is 2. The lowest BCUT2D eigenvalue weighted by Crippen LogP contribution is -2.15. The van der Waals surface area contributed by atoms with Gasteiger partial charge in [-0.1, -0.05) is 12.1 Å². The van der Waals surface area contributed by atoms with Crippen LogP contribution < -0.4 is 5.32 Å². The van der Waals surface area contributed by atoms with Crippen molar-refractivity contribution in [2.45, 2.75) is 20.3 Å². The van der Waals surface area contributed by atoms with E-state index in [1.807, 2.05) is 16.0 Å². The lowest BCUT2D eigenvalue weighted by Gasteiger charge is -2.06. The number of hydrogen-bond donors (Lipinski definition) is 1.